The van der Waals surface area contributed by atoms with Crippen LogP contribution < -0.4 is 0 Å². The van der Waals surface area contributed by atoms with E-state index in [4.69, 9.17) is 0 Å². The van der Waals surface area contributed by atoms with Crippen LogP contribution in [-0.2, 0) is 19.2 Å². The van der Waals surface area contributed by atoms with Gasteiger partial charge in [0.15, 0.2) is 10.8 Å². The van der Waals surface area contributed by atoms with Crippen molar-refractivity contribution in [3.63, 3.8) is 0 Å². The molecule has 0 aromatic carbocycles. The minimum atomic E-state index is -2.01. The van der Waals surface area contributed by atoms with E-state index in [-0.39, 0.29) is 30.6 Å². The lowest BCUT2D eigenvalue weighted by atomic mass is 9.63. The fraction of sp³-hybridized carbons (Fsp3) is 0.810. The molecule has 0 bridgehead atoms. The average molecular weight is 414 g/mol. The molecule has 8 heteroatoms. The number of carbonyl (C=O) groups is 4. The third-order valence-corrected chi connectivity index (χ3v) is 6.96. The van der Waals surface area contributed by atoms with E-state index in [2.05, 4.69) is 0 Å². The zero-order valence-corrected chi connectivity index (χ0v) is 17.7. The van der Waals surface area contributed by atoms with Crippen molar-refractivity contribution in [2.24, 2.45) is 34.5 Å². The smallest absolute Gasteiger partial charge is 0.320 e. The van der Waals surface area contributed by atoms with Gasteiger partial charge in [-0.25, -0.2) is 0 Å². The van der Waals surface area contributed by atoms with Crippen molar-refractivity contribution in [3.05, 3.63) is 0 Å². The monoisotopic (exact) mass is 414 g/mol. The molecule has 0 saturated heterocycles. The number of aliphatic carboxylic acids is 4. The average Bonchev–Trinajstić information content (AvgIpc) is 2.74. The first kappa shape index (κ1) is 24.9. The van der Waals surface area contributed by atoms with Crippen LogP contribution in [0.5, 0.6) is 0 Å². The molecule has 0 spiro atoms. The predicted octanol–water partition coefficient (Wildman–Crippen LogP) is 3.59. The molecule has 1 rings (SSSR count). The lowest BCUT2D eigenvalue weighted by Gasteiger charge is -2.40. The van der Waals surface area contributed by atoms with Crippen molar-refractivity contribution in [2.75, 3.05) is 0 Å². The van der Waals surface area contributed by atoms with Crippen LogP contribution >= 0.6 is 0 Å². The second-order valence-electron chi connectivity index (χ2n) is 9.08. The van der Waals surface area contributed by atoms with Gasteiger partial charge in [0, 0.05) is 0 Å². The summed E-state index contributed by atoms with van der Waals surface area (Å²) in [7, 11) is 0. The Morgan fingerprint density at radius 1 is 0.793 bits per heavy atom. The zero-order chi connectivity index (χ0) is 22.6. The standard InChI is InChI=1S/C21H34O8/c1-5-7-13-9-6-8-12(2)14(10-20(3,16(22)23)17(24)25)15(13)11-21(4,18(26)27)19(28)29/h12-15H,5-11H2,1-4H3,(H,22,23)(H,24,25)(H,26,27)(H,28,29). The van der Waals surface area contributed by atoms with Crippen LogP contribution in [0.15, 0.2) is 0 Å². The van der Waals surface area contributed by atoms with Gasteiger partial charge >= 0.3 is 23.9 Å². The molecular formula is C21H34O8. The molecule has 166 valence electrons. The second-order valence-corrected chi connectivity index (χ2v) is 9.08. The van der Waals surface area contributed by atoms with Crippen LogP contribution in [0.4, 0.5) is 0 Å². The quantitative estimate of drug-likeness (QED) is 0.313. The molecule has 0 heterocycles. The van der Waals surface area contributed by atoms with Crippen molar-refractivity contribution < 1.29 is 39.6 Å². The number of hydrogen-bond acceptors (Lipinski definition) is 4. The first-order valence-corrected chi connectivity index (χ1v) is 10.2. The second kappa shape index (κ2) is 9.59. The van der Waals surface area contributed by atoms with Crippen LogP contribution in [-0.4, -0.2) is 44.3 Å². The van der Waals surface area contributed by atoms with E-state index >= 15 is 0 Å². The van der Waals surface area contributed by atoms with E-state index < -0.39 is 40.6 Å². The first-order valence-electron chi connectivity index (χ1n) is 10.2. The van der Waals surface area contributed by atoms with Crippen LogP contribution in [0.3, 0.4) is 0 Å². The molecule has 4 unspecified atom stereocenters. The fourth-order valence-electron chi connectivity index (χ4n) is 4.78. The van der Waals surface area contributed by atoms with Crippen molar-refractivity contribution in [3.8, 4) is 0 Å². The molecular weight excluding hydrogens is 380 g/mol. The number of carboxylic acids is 4. The summed E-state index contributed by atoms with van der Waals surface area (Å²) in [5.74, 6) is -6.54. The minimum absolute atomic E-state index is 0.0276. The van der Waals surface area contributed by atoms with E-state index in [1.807, 2.05) is 13.8 Å². The Bertz CT molecular complexity index is 613. The molecule has 8 nitrogen and oxygen atoms in total. The Hall–Kier alpha value is -2.12. The van der Waals surface area contributed by atoms with E-state index in [1.165, 1.54) is 13.8 Å². The maximum atomic E-state index is 11.8. The summed E-state index contributed by atoms with van der Waals surface area (Å²) in [6.07, 6.45) is 3.73. The number of rotatable bonds is 10. The molecule has 1 aliphatic rings. The summed E-state index contributed by atoms with van der Waals surface area (Å²) in [6.45, 7) is 6.28. The summed E-state index contributed by atoms with van der Waals surface area (Å²) in [5.41, 5.74) is -4.02. The molecule has 4 N–H and O–H groups in total. The molecule has 0 aliphatic heterocycles. The Morgan fingerprint density at radius 2 is 1.21 bits per heavy atom. The van der Waals surface area contributed by atoms with Gasteiger partial charge in [-0.3, -0.25) is 19.2 Å². The molecule has 0 amide bonds. The highest BCUT2D eigenvalue weighted by atomic mass is 16.4. The molecule has 1 aliphatic carbocycles. The maximum Gasteiger partial charge on any atom is 0.320 e. The Morgan fingerprint density at radius 3 is 1.59 bits per heavy atom. The summed E-state index contributed by atoms with van der Waals surface area (Å²) < 4.78 is 0. The van der Waals surface area contributed by atoms with Crippen molar-refractivity contribution in [1.82, 2.24) is 0 Å². The predicted molar refractivity (Wildman–Crippen MR) is 104 cm³/mol. The summed E-state index contributed by atoms with van der Waals surface area (Å²) >= 11 is 0. The molecule has 4 atom stereocenters. The third kappa shape index (κ3) is 5.28. The maximum absolute atomic E-state index is 11.8. The van der Waals surface area contributed by atoms with Crippen LogP contribution in [0.1, 0.15) is 72.6 Å². The normalized spacial score (nSPS) is 25.8. The van der Waals surface area contributed by atoms with Crippen molar-refractivity contribution in [1.29, 1.82) is 0 Å². The van der Waals surface area contributed by atoms with Crippen LogP contribution in [0.25, 0.3) is 0 Å². The minimum Gasteiger partial charge on any atom is -0.480 e. The molecule has 29 heavy (non-hydrogen) atoms. The summed E-state index contributed by atoms with van der Waals surface area (Å²) in [5, 5.41) is 38.4. The highest BCUT2D eigenvalue weighted by Gasteiger charge is 2.51. The van der Waals surface area contributed by atoms with Gasteiger partial charge in [-0.1, -0.05) is 46.0 Å². The van der Waals surface area contributed by atoms with Crippen molar-refractivity contribution >= 4 is 23.9 Å². The van der Waals surface area contributed by atoms with E-state index in [0.717, 1.165) is 32.1 Å². The molecule has 0 aromatic rings. The third-order valence-electron chi connectivity index (χ3n) is 6.96. The van der Waals surface area contributed by atoms with Gasteiger partial charge in [0.1, 0.15) is 0 Å². The number of carboxylic acid groups (broad SMARTS) is 4. The highest BCUT2D eigenvalue weighted by molar-refractivity contribution is 5.98. The lowest BCUT2D eigenvalue weighted by Crippen LogP contribution is -2.45. The molecule has 1 saturated carbocycles. The van der Waals surface area contributed by atoms with Crippen LogP contribution in [0, 0.1) is 34.5 Å². The van der Waals surface area contributed by atoms with E-state index in [9.17, 15) is 39.6 Å². The number of hydrogen-bond donors (Lipinski definition) is 4. The van der Waals surface area contributed by atoms with Crippen molar-refractivity contribution in [2.45, 2.75) is 72.6 Å². The topological polar surface area (TPSA) is 149 Å². The lowest BCUT2D eigenvalue weighted by molar-refractivity contribution is -0.169. The van der Waals surface area contributed by atoms with Gasteiger partial charge in [0.2, 0.25) is 0 Å². The van der Waals surface area contributed by atoms with Gasteiger partial charge in [-0.2, -0.15) is 0 Å². The Kier molecular flexibility index (Phi) is 8.24. The fourth-order valence-corrected chi connectivity index (χ4v) is 4.78. The molecule has 1 fully saturated rings. The SMILES string of the molecule is CCCC1CCCC(C)C(CC(C)(C(=O)O)C(=O)O)C1CC(C)(C(=O)O)C(=O)O. The van der Waals surface area contributed by atoms with Gasteiger partial charge in [0.05, 0.1) is 0 Å². The Labute approximate surface area is 171 Å². The zero-order valence-electron chi connectivity index (χ0n) is 17.7. The van der Waals surface area contributed by atoms with Gasteiger partial charge in [0.25, 0.3) is 0 Å². The van der Waals surface area contributed by atoms with Gasteiger partial charge in [-0.15, -0.1) is 0 Å². The summed E-state index contributed by atoms with van der Waals surface area (Å²) in [4.78, 5) is 47.2. The summed E-state index contributed by atoms with van der Waals surface area (Å²) in [6, 6.07) is 0. The first-order chi connectivity index (χ1) is 13.3. The molecule has 0 radical (unpaired) electrons. The highest BCUT2D eigenvalue weighted by Crippen LogP contribution is 2.49. The van der Waals surface area contributed by atoms with E-state index in [1.54, 1.807) is 0 Å². The largest absolute Gasteiger partial charge is 0.480 e. The van der Waals surface area contributed by atoms with Crippen LogP contribution in [0.2, 0.25) is 0 Å². The van der Waals surface area contributed by atoms with Gasteiger partial charge < -0.3 is 20.4 Å². The Balaban J connectivity index is 3.47. The van der Waals surface area contributed by atoms with E-state index in [0.29, 0.717) is 0 Å². The molecule has 0 aromatic heterocycles. The van der Waals surface area contributed by atoms with Gasteiger partial charge in [-0.05, 0) is 50.4 Å².